The first-order valence-corrected chi connectivity index (χ1v) is 9.13. The molecule has 2 rings (SSSR count). The van der Waals surface area contributed by atoms with Crippen LogP contribution in [0.4, 0.5) is 0 Å². The molecule has 7 heteroatoms. The van der Waals surface area contributed by atoms with Crippen LogP contribution in [-0.2, 0) is 16.1 Å². The number of hydrogen-bond donors (Lipinski definition) is 1. The second kappa shape index (κ2) is 10.3. The molecule has 1 aromatic carbocycles. The number of rotatable bonds is 10. The first kappa shape index (κ1) is 20.4. The van der Waals surface area contributed by atoms with Gasteiger partial charge in [0.2, 0.25) is 0 Å². The standard InChI is InChI=1S/C20H25N3O4/c1-3-5-6-9-13-23-19(25)16-11-8-7-10-15(16)18(22-23)20(26)27-14-17(24)21-12-4-2/h4,7-8,10-11H,2-3,5-6,9,12-14H2,1H3,(H,21,24). The Bertz CT molecular complexity index is 873. The van der Waals surface area contributed by atoms with Crippen LogP contribution < -0.4 is 10.9 Å². The van der Waals surface area contributed by atoms with E-state index in [0.717, 1.165) is 25.7 Å². The van der Waals surface area contributed by atoms with Gasteiger partial charge in [0.05, 0.1) is 5.39 Å². The van der Waals surface area contributed by atoms with Gasteiger partial charge in [0, 0.05) is 18.5 Å². The van der Waals surface area contributed by atoms with E-state index >= 15 is 0 Å². The highest BCUT2D eigenvalue weighted by molar-refractivity contribution is 6.02. The fourth-order valence-electron chi connectivity index (χ4n) is 2.66. The Morgan fingerprint density at radius 2 is 1.96 bits per heavy atom. The second-order valence-corrected chi connectivity index (χ2v) is 6.15. The van der Waals surface area contributed by atoms with Gasteiger partial charge in [0.25, 0.3) is 11.5 Å². The number of aromatic nitrogens is 2. The van der Waals surface area contributed by atoms with Gasteiger partial charge in [-0.3, -0.25) is 9.59 Å². The monoisotopic (exact) mass is 371 g/mol. The molecule has 1 aromatic heterocycles. The SMILES string of the molecule is C=CCNC(=O)COC(=O)c1nn(CCCCCC)c(=O)c2ccccc12. The van der Waals surface area contributed by atoms with Crippen LogP contribution in [0, 0.1) is 0 Å². The van der Waals surface area contributed by atoms with Crippen molar-refractivity contribution in [2.24, 2.45) is 0 Å². The van der Waals surface area contributed by atoms with Gasteiger partial charge in [-0.15, -0.1) is 6.58 Å². The van der Waals surface area contributed by atoms with E-state index in [1.165, 1.54) is 10.8 Å². The highest BCUT2D eigenvalue weighted by Crippen LogP contribution is 2.14. The zero-order chi connectivity index (χ0) is 19.6. The van der Waals surface area contributed by atoms with Crippen LogP contribution in [0.1, 0.15) is 43.1 Å². The minimum atomic E-state index is -0.734. The van der Waals surface area contributed by atoms with Crippen molar-refractivity contribution in [1.29, 1.82) is 0 Å². The zero-order valence-corrected chi connectivity index (χ0v) is 15.6. The molecule has 144 valence electrons. The van der Waals surface area contributed by atoms with Gasteiger partial charge in [-0.1, -0.05) is 50.5 Å². The molecule has 0 atom stereocenters. The summed E-state index contributed by atoms with van der Waals surface area (Å²) in [5.74, 6) is -1.16. The van der Waals surface area contributed by atoms with Crippen molar-refractivity contribution >= 4 is 22.6 Å². The van der Waals surface area contributed by atoms with Crippen LogP contribution in [0.25, 0.3) is 10.8 Å². The highest BCUT2D eigenvalue weighted by Gasteiger charge is 2.18. The summed E-state index contributed by atoms with van der Waals surface area (Å²) in [6, 6.07) is 6.78. The van der Waals surface area contributed by atoms with E-state index in [9.17, 15) is 14.4 Å². The quantitative estimate of drug-likeness (QED) is 0.394. The van der Waals surface area contributed by atoms with Crippen molar-refractivity contribution in [2.75, 3.05) is 13.2 Å². The van der Waals surface area contributed by atoms with E-state index < -0.39 is 18.5 Å². The summed E-state index contributed by atoms with van der Waals surface area (Å²) >= 11 is 0. The van der Waals surface area contributed by atoms with Crippen molar-refractivity contribution in [1.82, 2.24) is 15.1 Å². The van der Waals surface area contributed by atoms with Crippen LogP contribution >= 0.6 is 0 Å². The lowest BCUT2D eigenvalue weighted by Crippen LogP contribution is -2.30. The minimum Gasteiger partial charge on any atom is -0.451 e. The van der Waals surface area contributed by atoms with Gasteiger partial charge in [-0.2, -0.15) is 5.10 Å². The van der Waals surface area contributed by atoms with Gasteiger partial charge >= 0.3 is 5.97 Å². The third-order valence-corrected chi connectivity index (χ3v) is 4.06. The van der Waals surface area contributed by atoms with Crippen LogP contribution in [0.3, 0.4) is 0 Å². The number of carbonyl (C=O) groups is 2. The predicted octanol–water partition coefficient (Wildman–Crippen LogP) is 2.44. The maximum atomic E-state index is 12.6. The molecular weight excluding hydrogens is 346 g/mol. The first-order valence-electron chi connectivity index (χ1n) is 9.13. The summed E-state index contributed by atoms with van der Waals surface area (Å²) in [6.45, 7) is 5.92. The number of unbranched alkanes of at least 4 members (excludes halogenated alkanes) is 3. The highest BCUT2D eigenvalue weighted by atomic mass is 16.5. The predicted molar refractivity (Wildman–Crippen MR) is 104 cm³/mol. The van der Waals surface area contributed by atoms with E-state index in [4.69, 9.17) is 4.74 Å². The van der Waals surface area contributed by atoms with E-state index in [2.05, 4.69) is 23.9 Å². The van der Waals surface area contributed by atoms with Crippen LogP contribution in [-0.4, -0.2) is 34.8 Å². The molecule has 0 spiro atoms. The van der Waals surface area contributed by atoms with E-state index in [0.29, 0.717) is 23.9 Å². The summed E-state index contributed by atoms with van der Waals surface area (Å²) in [7, 11) is 0. The number of amides is 1. The molecule has 0 aliphatic carbocycles. The van der Waals surface area contributed by atoms with E-state index in [1.54, 1.807) is 24.3 Å². The Morgan fingerprint density at radius 3 is 2.67 bits per heavy atom. The van der Waals surface area contributed by atoms with Crippen LogP contribution in [0.5, 0.6) is 0 Å². The molecule has 27 heavy (non-hydrogen) atoms. The second-order valence-electron chi connectivity index (χ2n) is 6.15. The number of fused-ring (bicyclic) bond motifs is 1. The number of benzene rings is 1. The number of ether oxygens (including phenoxy) is 1. The Morgan fingerprint density at radius 1 is 1.22 bits per heavy atom. The number of nitrogens with zero attached hydrogens (tertiary/aromatic N) is 2. The average molecular weight is 371 g/mol. The minimum absolute atomic E-state index is 0.0391. The van der Waals surface area contributed by atoms with E-state index in [-0.39, 0.29) is 11.3 Å². The Balaban J connectivity index is 2.24. The first-order chi connectivity index (χ1) is 13.1. The van der Waals surface area contributed by atoms with E-state index in [1.807, 2.05) is 0 Å². The van der Waals surface area contributed by atoms with Crippen molar-refractivity contribution in [2.45, 2.75) is 39.2 Å². The number of nitrogens with one attached hydrogen (secondary N) is 1. The smallest absolute Gasteiger partial charge is 0.359 e. The molecule has 0 fully saturated rings. The number of esters is 1. The topological polar surface area (TPSA) is 90.3 Å². The third-order valence-electron chi connectivity index (χ3n) is 4.06. The number of carbonyl (C=O) groups excluding carboxylic acids is 2. The lowest BCUT2D eigenvalue weighted by molar-refractivity contribution is -0.124. The largest absolute Gasteiger partial charge is 0.451 e. The average Bonchev–Trinajstić information content (AvgIpc) is 2.69. The summed E-state index contributed by atoms with van der Waals surface area (Å²) < 4.78 is 6.38. The Labute approximate surface area is 158 Å². The summed E-state index contributed by atoms with van der Waals surface area (Å²) in [5.41, 5.74) is -0.195. The van der Waals surface area contributed by atoms with Gasteiger partial charge in [0.15, 0.2) is 12.3 Å². The third kappa shape index (κ3) is 5.51. The maximum Gasteiger partial charge on any atom is 0.359 e. The van der Waals surface area contributed by atoms with Gasteiger partial charge in [0.1, 0.15) is 0 Å². The maximum absolute atomic E-state index is 12.6. The fraction of sp³-hybridized carbons (Fsp3) is 0.400. The van der Waals surface area contributed by atoms with Gasteiger partial charge in [-0.25, -0.2) is 9.48 Å². The Kier molecular flexibility index (Phi) is 7.73. The molecule has 0 aliphatic rings. The molecule has 1 N–H and O–H groups in total. The lowest BCUT2D eigenvalue weighted by atomic mass is 10.1. The normalized spacial score (nSPS) is 10.6. The van der Waals surface area contributed by atoms with Gasteiger partial charge in [-0.05, 0) is 12.5 Å². The van der Waals surface area contributed by atoms with Gasteiger partial charge < -0.3 is 10.1 Å². The van der Waals surface area contributed by atoms with Crippen molar-refractivity contribution < 1.29 is 14.3 Å². The Hall–Kier alpha value is -2.96. The summed E-state index contributed by atoms with van der Waals surface area (Å²) in [5, 5.41) is 7.58. The molecule has 0 unspecified atom stereocenters. The lowest BCUT2D eigenvalue weighted by Gasteiger charge is -2.11. The number of aryl methyl sites for hydroxylation is 1. The molecule has 2 aromatic rings. The fourth-order valence-corrected chi connectivity index (χ4v) is 2.66. The van der Waals surface area contributed by atoms with Crippen molar-refractivity contribution in [3.63, 3.8) is 0 Å². The zero-order valence-electron chi connectivity index (χ0n) is 15.6. The molecule has 0 radical (unpaired) electrons. The van der Waals surface area contributed by atoms with Crippen molar-refractivity contribution in [3.05, 3.63) is 53.0 Å². The molecule has 1 heterocycles. The van der Waals surface area contributed by atoms with Crippen molar-refractivity contribution in [3.8, 4) is 0 Å². The molecular formula is C20H25N3O4. The summed E-state index contributed by atoms with van der Waals surface area (Å²) in [4.78, 5) is 36.7. The number of hydrogen-bond acceptors (Lipinski definition) is 5. The van der Waals surface area contributed by atoms with Crippen LogP contribution in [0.2, 0.25) is 0 Å². The molecule has 7 nitrogen and oxygen atoms in total. The molecule has 0 bridgehead atoms. The van der Waals surface area contributed by atoms with Crippen LogP contribution in [0.15, 0.2) is 41.7 Å². The summed E-state index contributed by atoms with van der Waals surface area (Å²) in [6.07, 6.45) is 5.49. The molecule has 1 amide bonds. The molecule has 0 aliphatic heterocycles. The molecule has 0 saturated carbocycles. The molecule has 0 saturated heterocycles.